The van der Waals surface area contributed by atoms with Crippen molar-refractivity contribution < 1.29 is 4.79 Å². The van der Waals surface area contributed by atoms with E-state index in [1.54, 1.807) is 0 Å². The van der Waals surface area contributed by atoms with Crippen LogP contribution in [0.15, 0.2) is 24.3 Å². The number of carbonyl (C=O) groups excluding carboxylic acids is 1. The van der Waals surface area contributed by atoms with Crippen LogP contribution in [0.3, 0.4) is 0 Å². The second kappa shape index (κ2) is 4.89. The molecule has 1 aliphatic rings. The zero-order valence-corrected chi connectivity index (χ0v) is 6.75. The van der Waals surface area contributed by atoms with Crippen LogP contribution in [0.5, 0.6) is 0 Å². The summed E-state index contributed by atoms with van der Waals surface area (Å²) >= 11 is 0. The van der Waals surface area contributed by atoms with E-state index in [2.05, 4.69) is 18.2 Å². The van der Waals surface area contributed by atoms with E-state index in [9.17, 15) is 4.79 Å². The molecule has 0 amide bonds. The van der Waals surface area contributed by atoms with Crippen molar-refractivity contribution in [1.29, 1.82) is 0 Å². The van der Waals surface area contributed by atoms with E-state index in [-0.39, 0.29) is 0 Å². The van der Waals surface area contributed by atoms with Gasteiger partial charge >= 0.3 is 0 Å². The van der Waals surface area contributed by atoms with Gasteiger partial charge < -0.3 is 0 Å². The van der Waals surface area contributed by atoms with Crippen LogP contribution in [0.2, 0.25) is 0 Å². The molecule has 1 aliphatic carbocycles. The van der Waals surface area contributed by atoms with E-state index in [0.717, 1.165) is 19.3 Å². The highest BCUT2D eigenvalue weighted by Gasteiger charge is 1.96. The molecule has 0 radical (unpaired) electrons. The fourth-order valence-electron chi connectivity index (χ4n) is 1.11. The van der Waals surface area contributed by atoms with Gasteiger partial charge in [0.1, 0.15) is 5.78 Å². The van der Waals surface area contributed by atoms with Gasteiger partial charge in [-0.05, 0) is 19.3 Å². The van der Waals surface area contributed by atoms with Crippen LogP contribution in [0.25, 0.3) is 0 Å². The molecule has 0 bridgehead atoms. The molecule has 0 fully saturated rings. The van der Waals surface area contributed by atoms with Crippen molar-refractivity contribution in [2.45, 2.75) is 32.1 Å². The second-order valence-electron chi connectivity index (χ2n) is 2.80. The van der Waals surface area contributed by atoms with Crippen LogP contribution < -0.4 is 0 Å². The monoisotopic (exact) mass is 150 g/mol. The summed E-state index contributed by atoms with van der Waals surface area (Å²) in [6, 6.07) is 0. The minimum absolute atomic E-state index is 0.354. The molecular formula is C10H14O. The van der Waals surface area contributed by atoms with Crippen LogP contribution in [0, 0.1) is 0 Å². The van der Waals surface area contributed by atoms with Gasteiger partial charge in [0.2, 0.25) is 0 Å². The number of ketones is 1. The van der Waals surface area contributed by atoms with Gasteiger partial charge in [0, 0.05) is 12.8 Å². The highest BCUT2D eigenvalue weighted by atomic mass is 16.1. The SMILES string of the molecule is O=C1C/C=C\CC/C=C\CC1. The fraction of sp³-hybridized carbons (Fsp3) is 0.500. The maximum atomic E-state index is 11.0. The lowest BCUT2D eigenvalue weighted by molar-refractivity contribution is -0.118. The molecule has 0 aliphatic heterocycles. The molecule has 1 rings (SSSR count). The first kappa shape index (κ1) is 8.25. The van der Waals surface area contributed by atoms with Crippen molar-refractivity contribution in [2.24, 2.45) is 0 Å². The summed E-state index contributed by atoms with van der Waals surface area (Å²) in [5, 5.41) is 0. The minimum Gasteiger partial charge on any atom is -0.299 e. The normalized spacial score (nSPS) is 26.0. The van der Waals surface area contributed by atoms with Crippen molar-refractivity contribution in [2.75, 3.05) is 0 Å². The van der Waals surface area contributed by atoms with Crippen LogP contribution in [0.4, 0.5) is 0 Å². The predicted molar refractivity (Wildman–Crippen MR) is 46.4 cm³/mol. The van der Waals surface area contributed by atoms with Gasteiger partial charge in [0.25, 0.3) is 0 Å². The Hall–Kier alpha value is -0.850. The van der Waals surface area contributed by atoms with Gasteiger partial charge in [-0.1, -0.05) is 24.3 Å². The Morgan fingerprint density at radius 3 is 2.36 bits per heavy atom. The molecule has 60 valence electrons. The van der Waals surface area contributed by atoms with E-state index < -0.39 is 0 Å². The van der Waals surface area contributed by atoms with Crippen LogP contribution in [0.1, 0.15) is 32.1 Å². The lowest BCUT2D eigenvalue weighted by atomic mass is 10.1. The van der Waals surface area contributed by atoms with Crippen LogP contribution >= 0.6 is 0 Å². The summed E-state index contributed by atoms with van der Waals surface area (Å²) in [7, 11) is 0. The first-order valence-electron chi connectivity index (χ1n) is 4.21. The molecule has 0 saturated carbocycles. The van der Waals surface area contributed by atoms with E-state index in [1.807, 2.05) is 6.08 Å². The Morgan fingerprint density at radius 1 is 0.909 bits per heavy atom. The molecule has 0 aromatic heterocycles. The van der Waals surface area contributed by atoms with Gasteiger partial charge in [-0.2, -0.15) is 0 Å². The summed E-state index contributed by atoms with van der Waals surface area (Å²) in [5.41, 5.74) is 0. The minimum atomic E-state index is 0.354. The number of carbonyl (C=O) groups is 1. The van der Waals surface area contributed by atoms with E-state index in [0.29, 0.717) is 18.6 Å². The average molecular weight is 150 g/mol. The number of Topliss-reactive ketones (excluding diaryl/α,β-unsaturated/α-hetero) is 1. The summed E-state index contributed by atoms with van der Waals surface area (Å²) in [6.07, 6.45) is 12.8. The molecule has 0 aromatic rings. The Balaban J connectivity index is 2.40. The Morgan fingerprint density at radius 2 is 1.55 bits per heavy atom. The van der Waals surface area contributed by atoms with Crippen molar-refractivity contribution >= 4 is 5.78 Å². The number of hydrogen-bond acceptors (Lipinski definition) is 1. The molecular weight excluding hydrogens is 136 g/mol. The third-order valence-corrected chi connectivity index (χ3v) is 1.77. The largest absolute Gasteiger partial charge is 0.299 e. The van der Waals surface area contributed by atoms with Gasteiger partial charge in [-0.25, -0.2) is 0 Å². The van der Waals surface area contributed by atoms with Crippen molar-refractivity contribution in [3.63, 3.8) is 0 Å². The highest BCUT2D eigenvalue weighted by Crippen LogP contribution is 2.03. The lowest BCUT2D eigenvalue weighted by Gasteiger charge is -1.95. The molecule has 0 atom stereocenters. The van der Waals surface area contributed by atoms with Crippen molar-refractivity contribution in [3.8, 4) is 0 Å². The summed E-state index contributed by atoms with van der Waals surface area (Å²) in [4.78, 5) is 11.0. The molecule has 0 unspecified atom stereocenters. The van der Waals surface area contributed by atoms with Crippen LogP contribution in [-0.4, -0.2) is 5.78 Å². The molecule has 0 spiro atoms. The summed E-state index contributed by atoms with van der Waals surface area (Å²) in [5.74, 6) is 0.354. The Bertz CT molecular complexity index is 177. The number of hydrogen-bond donors (Lipinski definition) is 0. The molecule has 1 heteroatoms. The summed E-state index contributed by atoms with van der Waals surface area (Å²) < 4.78 is 0. The number of allylic oxidation sites excluding steroid dienone is 4. The molecule has 11 heavy (non-hydrogen) atoms. The quantitative estimate of drug-likeness (QED) is 0.485. The topological polar surface area (TPSA) is 17.1 Å². The smallest absolute Gasteiger partial charge is 0.136 e. The molecule has 0 heterocycles. The highest BCUT2D eigenvalue weighted by molar-refractivity contribution is 5.79. The maximum absolute atomic E-state index is 11.0. The van der Waals surface area contributed by atoms with E-state index in [4.69, 9.17) is 0 Å². The number of rotatable bonds is 0. The Labute approximate surface area is 67.8 Å². The predicted octanol–water partition coefficient (Wildman–Crippen LogP) is 2.63. The van der Waals surface area contributed by atoms with Gasteiger partial charge in [0.15, 0.2) is 0 Å². The zero-order valence-electron chi connectivity index (χ0n) is 6.75. The van der Waals surface area contributed by atoms with Crippen molar-refractivity contribution in [1.82, 2.24) is 0 Å². The first-order chi connectivity index (χ1) is 5.39. The standard InChI is InChI=1S/C10H14O/c11-10-8-6-4-2-1-3-5-7-9-10/h2,4-5,7H,1,3,6,8-9H2/b4-2-,7-5-. The van der Waals surface area contributed by atoms with Crippen molar-refractivity contribution in [3.05, 3.63) is 24.3 Å². The third-order valence-electron chi connectivity index (χ3n) is 1.77. The van der Waals surface area contributed by atoms with E-state index >= 15 is 0 Å². The zero-order chi connectivity index (χ0) is 7.94. The Kier molecular flexibility index (Phi) is 3.67. The van der Waals surface area contributed by atoms with Gasteiger partial charge in [-0.15, -0.1) is 0 Å². The molecule has 0 saturated heterocycles. The third kappa shape index (κ3) is 3.76. The molecule has 1 nitrogen and oxygen atoms in total. The molecule has 0 aromatic carbocycles. The maximum Gasteiger partial charge on any atom is 0.136 e. The second-order valence-corrected chi connectivity index (χ2v) is 2.80. The first-order valence-corrected chi connectivity index (χ1v) is 4.21. The fourth-order valence-corrected chi connectivity index (χ4v) is 1.11. The average Bonchev–Trinajstić information content (AvgIpc) is 2.03. The van der Waals surface area contributed by atoms with Gasteiger partial charge in [0.05, 0.1) is 0 Å². The molecule has 0 N–H and O–H groups in total. The lowest BCUT2D eigenvalue weighted by Crippen LogP contribution is -1.94. The van der Waals surface area contributed by atoms with E-state index in [1.165, 1.54) is 0 Å². The summed E-state index contributed by atoms with van der Waals surface area (Å²) in [6.45, 7) is 0. The van der Waals surface area contributed by atoms with Gasteiger partial charge in [-0.3, -0.25) is 4.79 Å². The van der Waals surface area contributed by atoms with Crippen LogP contribution in [-0.2, 0) is 4.79 Å².